The number of carboxylic acids is 1. The van der Waals surface area contributed by atoms with E-state index in [2.05, 4.69) is 34.7 Å². The predicted octanol–water partition coefficient (Wildman–Crippen LogP) is 4.93. The van der Waals surface area contributed by atoms with Crippen LogP contribution in [0.15, 0.2) is 36.4 Å². The fraction of sp³-hybridized carbons (Fsp3) is 0.462. The molecule has 2 fully saturated rings. The van der Waals surface area contributed by atoms with Gasteiger partial charge in [0, 0.05) is 29.3 Å². The van der Waals surface area contributed by atoms with Gasteiger partial charge in [0.2, 0.25) is 0 Å². The van der Waals surface area contributed by atoms with Crippen LogP contribution < -0.4 is 20.1 Å². The second-order valence-electron chi connectivity index (χ2n) is 9.47. The first-order chi connectivity index (χ1) is 18.3. The van der Waals surface area contributed by atoms with Crippen molar-refractivity contribution in [2.24, 2.45) is 0 Å². The van der Waals surface area contributed by atoms with Crippen molar-refractivity contribution in [2.75, 3.05) is 33.1 Å². The first-order valence-electron chi connectivity index (χ1n) is 12.1. The number of urea groups is 1. The number of carboxylic acid groups (broad SMARTS) is 1. The number of amides is 2. The van der Waals surface area contributed by atoms with Crippen LogP contribution in [0.4, 0.5) is 32.4 Å². The Kier molecular flexibility index (Phi) is 9.26. The van der Waals surface area contributed by atoms with Gasteiger partial charge in [0.1, 0.15) is 0 Å². The lowest BCUT2D eigenvalue weighted by atomic mass is 9.65. The molecule has 0 unspecified atom stereocenters. The number of methoxy groups -OCH3 is 2. The van der Waals surface area contributed by atoms with Gasteiger partial charge in [-0.3, -0.25) is 0 Å². The van der Waals surface area contributed by atoms with Crippen LogP contribution in [-0.2, 0) is 10.2 Å². The van der Waals surface area contributed by atoms with Crippen LogP contribution in [0.2, 0.25) is 0 Å². The molecule has 2 aliphatic rings. The number of hydrogen-bond acceptors (Lipinski definition) is 5. The fourth-order valence-corrected chi connectivity index (χ4v) is 5.32. The molecule has 214 valence electrons. The Labute approximate surface area is 222 Å². The smallest absolute Gasteiger partial charge is 0.490 e. The monoisotopic (exact) mass is 559 g/mol. The van der Waals surface area contributed by atoms with Gasteiger partial charge in [-0.1, -0.05) is 6.07 Å². The molecule has 8 nitrogen and oxygen atoms in total. The minimum absolute atomic E-state index is 0.0109. The first kappa shape index (κ1) is 29.9. The third-order valence-electron chi connectivity index (χ3n) is 7.24. The van der Waals surface area contributed by atoms with Crippen LogP contribution in [0.25, 0.3) is 0 Å². The normalized spacial score (nSPS) is 22.7. The Balaban J connectivity index is 0.000000532. The van der Waals surface area contributed by atoms with Gasteiger partial charge < -0.3 is 30.1 Å². The minimum Gasteiger partial charge on any atom is -0.493 e. The Morgan fingerprint density at radius 1 is 1.03 bits per heavy atom. The highest BCUT2D eigenvalue weighted by molar-refractivity contribution is 5.89. The Hall–Kier alpha value is -3.61. The summed E-state index contributed by atoms with van der Waals surface area (Å²) < 4.78 is 69.2. The lowest BCUT2D eigenvalue weighted by molar-refractivity contribution is -0.192. The van der Waals surface area contributed by atoms with Gasteiger partial charge in [-0.2, -0.15) is 13.2 Å². The molecule has 13 heteroatoms. The molecule has 4 rings (SSSR count). The zero-order valence-corrected chi connectivity index (χ0v) is 21.6. The molecule has 2 amide bonds. The maximum atomic E-state index is 13.4. The molecule has 3 N–H and O–H groups in total. The number of nitrogens with zero attached hydrogens (tertiary/aromatic N) is 1. The van der Waals surface area contributed by atoms with Crippen molar-refractivity contribution in [1.29, 1.82) is 0 Å². The predicted molar refractivity (Wildman–Crippen MR) is 132 cm³/mol. The molecule has 0 radical (unpaired) electrons. The summed E-state index contributed by atoms with van der Waals surface area (Å²) in [5.74, 6) is -3.27. The SMILES string of the molecule is COc1ccc([C@@]23CC[C@@H](NC(=O)Nc4ccc(F)c(F)c4)C[C@@H]2N(C)CC3)cc1OC.O=C(O)C(F)(F)F. The van der Waals surface area contributed by atoms with Gasteiger partial charge in [-0.15, -0.1) is 0 Å². The number of ether oxygens (including phenoxy) is 2. The number of likely N-dealkylation sites (tertiary alicyclic amines) is 1. The number of nitrogens with one attached hydrogen (secondary N) is 2. The molecule has 3 atom stereocenters. The van der Waals surface area contributed by atoms with Crippen LogP contribution in [-0.4, -0.2) is 68.1 Å². The number of carbonyl (C=O) groups is 2. The number of fused-ring (bicyclic) bond motifs is 1. The Morgan fingerprint density at radius 3 is 2.28 bits per heavy atom. The summed E-state index contributed by atoms with van der Waals surface area (Å²) >= 11 is 0. The number of alkyl halides is 3. The van der Waals surface area contributed by atoms with Crippen molar-refractivity contribution < 1.29 is 46.1 Å². The third kappa shape index (κ3) is 6.88. The molecule has 0 aromatic heterocycles. The largest absolute Gasteiger partial charge is 0.493 e. The van der Waals surface area contributed by atoms with Gasteiger partial charge in [-0.25, -0.2) is 18.4 Å². The van der Waals surface area contributed by atoms with E-state index in [1.54, 1.807) is 14.2 Å². The topological polar surface area (TPSA) is 100 Å². The van der Waals surface area contributed by atoms with Crippen LogP contribution in [0.1, 0.15) is 31.2 Å². The molecular formula is C26H30F5N3O5. The number of aliphatic carboxylic acids is 1. The molecule has 1 saturated heterocycles. The highest BCUT2D eigenvalue weighted by Crippen LogP contribution is 2.49. The van der Waals surface area contributed by atoms with Crippen LogP contribution in [0.3, 0.4) is 0 Å². The molecule has 1 aliphatic heterocycles. The van der Waals surface area contributed by atoms with Crippen LogP contribution >= 0.6 is 0 Å². The zero-order valence-electron chi connectivity index (χ0n) is 21.6. The van der Waals surface area contributed by atoms with Crippen LogP contribution in [0.5, 0.6) is 11.5 Å². The van der Waals surface area contributed by atoms with E-state index < -0.39 is 29.8 Å². The van der Waals surface area contributed by atoms with E-state index in [-0.39, 0.29) is 23.2 Å². The molecule has 1 aliphatic carbocycles. The second kappa shape index (κ2) is 12.1. The standard InChI is InChI=1S/C24H29F2N3O3.C2HF3O2/c1-29-11-10-24(15-4-7-20(31-2)21(12-15)32-3)9-8-17(14-22(24)29)28-23(30)27-16-5-6-18(25)19(26)13-16;3-2(4,5)1(6)7/h4-7,12-13,17,22H,8-11,14H2,1-3H3,(H2,27,28,30);(H,6,7)/t17-,22+,24+;/m1./s1. The molecule has 0 bridgehead atoms. The van der Waals surface area contributed by atoms with Crippen molar-refractivity contribution in [3.63, 3.8) is 0 Å². The lowest BCUT2D eigenvalue weighted by Gasteiger charge is -2.45. The highest BCUT2D eigenvalue weighted by Gasteiger charge is 2.50. The average molecular weight is 560 g/mol. The fourth-order valence-electron chi connectivity index (χ4n) is 5.32. The number of carbonyl (C=O) groups excluding carboxylic acids is 1. The summed E-state index contributed by atoms with van der Waals surface area (Å²) in [6.07, 6.45) is -1.50. The summed E-state index contributed by atoms with van der Waals surface area (Å²) in [6.45, 7) is 0.979. The van der Waals surface area contributed by atoms with Crippen molar-refractivity contribution in [2.45, 2.75) is 49.4 Å². The van der Waals surface area contributed by atoms with Gasteiger partial charge >= 0.3 is 18.2 Å². The second-order valence-corrected chi connectivity index (χ2v) is 9.47. The molecule has 39 heavy (non-hydrogen) atoms. The van der Waals surface area contributed by atoms with Crippen molar-refractivity contribution in [3.05, 3.63) is 53.6 Å². The molecule has 1 heterocycles. The number of halogens is 5. The quantitative estimate of drug-likeness (QED) is 0.450. The van der Waals surface area contributed by atoms with Gasteiger partial charge in [0.15, 0.2) is 23.1 Å². The lowest BCUT2D eigenvalue weighted by Crippen LogP contribution is -2.52. The summed E-state index contributed by atoms with van der Waals surface area (Å²) in [6, 6.07) is 9.30. The van der Waals surface area contributed by atoms with Gasteiger partial charge in [0.05, 0.1) is 14.2 Å². The maximum absolute atomic E-state index is 13.4. The number of rotatable bonds is 5. The van der Waals surface area contributed by atoms with Gasteiger partial charge in [0.25, 0.3) is 0 Å². The van der Waals surface area contributed by atoms with E-state index in [4.69, 9.17) is 19.4 Å². The van der Waals surface area contributed by atoms with Crippen molar-refractivity contribution >= 4 is 17.7 Å². The van der Waals surface area contributed by atoms with Crippen LogP contribution in [0, 0.1) is 11.6 Å². The molecule has 2 aromatic carbocycles. The van der Waals surface area contributed by atoms with E-state index >= 15 is 0 Å². The highest BCUT2D eigenvalue weighted by atomic mass is 19.4. The summed E-state index contributed by atoms with van der Waals surface area (Å²) in [5, 5.41) is 12.7. The van der Waals surface area contributed by atoms with E-state index in [1.165, 1.54) is 11.6 Å². The summed E-state index contributed by atoms with van der Waals surface area (Å²) in [4.78, 5) is 23.7. The van der Waals surface area contributed by atoms with Crippen molar-refractivity contribution in [1.82, 2.24) is 10.2 Å². The van der Waals surface area contributed by atoms with Crippen molar-refractivity contribution in [3.8, 4) is 11.5 Å². The first-order valence-corrected chi connectivity index (χ1v) is 12.1. The van der Waals surface area contributed by atoms with E-state index in [0.717, 1.165) is 50.1 Å². The number of benzene rings is 2. The molecule has 1 saturated carbocycles. The number of hydrogen-bond donors (Lipinski definition) is 3. The number of likely N-dealkylation sites (N-methyl/N-ethyl adjacent to an activating group) is 1. The molecular weight excluding hydrogens is 529 g/mol. The summed E-state index contributed by atoms with van der Waals surface area (Å²) in [7, 11) is 5.39. The molecule has 2 aromatic rings. The van der Waals surface area contributed by atoms with E-state index in [0.29, 0.717) is 5.75 Å². The zero-order chi connectivity index (χ0) is 29.0. The van der Waals surface area contributed by atoms with E-state index in [9.17, 15) is 26.7 Å². The van der Waals surface area contributed by atoms with E-state index in [1.807, 2.05) is 6.07 Å². The summed E-state index contributed by atoms with van der Waals surface area (Å²) in [5.41, 5.74) is 1.44. The third-order valence-corrected chi connectivity index (χ3v) is 7.24. The van der Waals surface area contributed by atoms with Gasteiger partial charge in [-0.05, 0) is 69.1 Å². The number of anilines is 1. The Bertz CT molecular complexity index is 1200. The Morgan fingerprint density at radius 2 is 1.69 bits per heavy atom. The maximum Gasteiger partial charge on any atom is 0.490 e. The minimum atomic E-state index is -5.08. The molecule has 0 spiro atoms. The average Bonchev–Trinajstić information content (AvgIpc) is 3.22.